The van der Waals surface area contributed by atoms with Crippen molar-refractivity contribution < 1.29 is 8.42 Å². The number of thiocarbonyl (C=S) groups is 1. The Balaban J connectivity index is 2.20. The van der Waals surface area contributed by atoms with Gasteiger partial charge in [0.15, 0.2) is 5.11 Å². The molecule has 0 aliphatic rings. The van der Waals surface area contributed by atoms with E-state index in [2.05, 4.69) is 10.0 Å². The number of nitrogens with zero attached hydrogens (tertiary/aromatic N) is 1. The van der Waals surface area contributed by atoms with Crippen molar-refractivity contribution in [3.8, 4) is 6.07 Å². The fourth-order valence-electron chi connectivity index (χ4n) is 2.55. The van der Waals surface area contributed by atoms with Gasteiger partial charge < -0.3 is 5.32 Å². The molecule has 0 aliphatic carbocycles. The molecular weight excluding hydrogens is 342 g/mol. The predicted octanol–water partition coefficient (Wildman–Crippen LogP) is 3.16. The molecule has 2 aromatic carbocycles. The maximum Gasteiger partial charge on any atom is 0.264 e. The Hall–Kier alpha value is -2.43. The second kappa shape index (κ2) is 6.99. The summed E-state index contributed by atoms with van der Waals surface area (Å²) in [5, 5.41) is 11.5. The highest BCUT2D eigenvalue weighted by Crippen LogP contribution is 2.21. The average Bonchev–Trinajstić information content (AvgIpc) is 2.45. The Labute approximate surface area is 147 Å². The summed E-state index contributed by atoms with van der Waals surface area (Å²) < 4.78 is 27.6. The molecule has 0 aromatic heterocycles. The van der Waals surface area contributed by atoms with Gasteiger partial charge >= 0.3 is 0 Å². The summed E-state index contributed by atoms with van der Waals surface area (Å²) in [5.74, 6) is 0. The Kier molecular flexibility index (Phi) is 5.22. The molecule has 0 amide bonds. The van der Waals surface area contributed by atoms with Crippen molar-refractivity contribution in [3.05, 3.63) is 58.7 Å². The molecule has 2 aromatic rings. The second-order valence-electron chi connectivity index (χ2n) is 5.48. The maximum absolute atomic E-state index is 12.6. The standard InChI is InChI=1S/C17H17N3O2S2/c1-11-8-12(2)16(13(3)9-11)24(21,22)20-17(23)19-15-6-4-14(10-18)5-7-15/h4-9H,1-3H3,(H2,19,20,23). The molecule has 2 rings (SSSR count). The molecule has 7 heteroatoms. The van der Waals surface area contributed by atoms with Crippen LogP contribution in [0.15, 0.2) is 41.3 Å². The highest BCUT2D eigenvalue weighted by molar-refractivity contribution is 7.92. The zero-order chi connectivity index (χ0) is 17.9. The van der Waals surface area contributed by atoms with Crippen LogP contribution in [0, 0.1) is 32.1 Å². The molecule has 0 bridgehead atoms. The molecule has 0 fully saturated rings. The summed E-state index contributed by atoms with van der Waals surface area (Å²) in [6.45, 7) is 5.43. The third-order valence-electron chi connectivity index (χ3n) is 3.37. The van der Waals surface area contributed by atoms with Gasteiger partial charge in [-0.15, -0.1) is 0 Å². The van der Waals surface area contributed by atoms with Gasteiger partial charge in [-0.2, -0.15) is 5.26 Å². The molecule has 0 spiro atoms. The minimum Gasteiger partial charge on any atom is -0.332 e. The van der Waals surface area contributed by atoms with E-state index in [4.69, 9.17) is 17.5 Å². The molecule has 124 valence electrons. The van der Waals surface area contributed by atoms with E-state index in [1.54, 1.807) is 38.1 Å². The number of sulfonamides is 1. The first kappa shape index (κ1) is 17.9. The van der Waals surface area contributed by atoms with E-state index in [9.17, 15) is 8.42 Å². The number of benzene rings is 2. The molecule has 0 radical (unpaired) electrons. The second-order valence-corrected chi connectivity index (χ2v) is 7.50. The summed E-state index contributed by atoms with van der Waals surface area (Å²) >= 11 is 5.09. The highest BCUT2D eigenvalue weighted by Gasteiger charge is 2.21. The largest absolute Gasteiger partial charge is 0.332 e. The number of nitrogens with one attached hydrogen (secondary N) is 2. The van der Waals surface area contributed by atoms with Crippen molar-refractivity contribution in [2.24, 2.45) is 0 Å². The molecular formula is C17H17N3O2S2. The number of nitriles is 1. The monoisotopic (exact) mass is 359 g/mol. The summed E-state index contributed by atoms with van der Waals surface area (Å²) in [5.41, 5.74) is 3.45. The first-order valence-electron chi connectivity index (χ1n) is 7.15. The number of hydrogen-bond acceptors (Lipinski definition) is 4. The van der Waals surface area contributed by atoms with Gasteiger partial charge in [0.25, 0.3) is 10.0 Å². The van der Waals surface area contributed by atoms with Gasteiger partial charge in [0.05, 0.1) is 16.5 Å². The van der Waals surface area contributed by atoms with E-state index in [0.717, 1.165) is 5.56 Å². The molecule has 0 atom stereocenters. The van der Waals surface area contributed by atoms with Gasteiger partial charge in [0.2, 0.25) is 0 Å². The summed E-state index contributed by atoms with van der Waals surface area (Å²) in [4.78, 5) is 0.233. The van der Waals surface area contributed by atoms with Crippen molar-refractivity contribution >= 4 is 33.0 Å². The molecule has 0 unspecified atom stereocenters. The third kappa shape index (κ3) is 4.10. The van der Waals surface area contributed by atoms with E-state index in [1.807, 2.05) is 25.1 Å². The number of anilines is 1. The van der Waals surface area contributed by atoms with E-state index in [-0.39, 0.29) is 10.0 Å². The van der Waals surface area contributed by atoms with Crippen molar-refractivity contribution in [1.82, 2.24) is 4.72 Å². The third-order valence-corrected chi connectivity index (χ3v) is 5.36. The molecule has 0 heterocycles. The Morgan fingerprint density at radius 3 is 2.12 bits per heavy atom. The van der Waals surface area contributed by atoms with Crippen molar-refractivity contribution in [1.29, 1.82) is 5.26 Å². The van der Waals surface area contributed by atoms with Crippen LogP contribution in [0.25, 0.3) is 0 Å². The van der Waals surface area contributed by atoms with Gasteiger partial charge in [-0.25, -0.2) is 8.42 Å². The van der Waals surface area contributed by atoms with Crippen LogP contribution in [-0.2, 0) is 10.0 Å². The molecule has 24 heavy (non-hydrogen) atoms. The van der Waals surface area contributed by atoms with Crippen LogP contribution in [0.5, 0.6) is 0 Å². The number of rotatable bonds is 3. The van der Waals surface area contributed by atoms with Crippen molar-refractivity contribution in [2.75, 3.05) is 5.32 Å². The van der Waals surface area contributed by atoms with Gasteiger partial charge in [-0.1, -0.05) is 17.7 Å². The Bertz CT molecular complexity index is 904. The van der Waals surface area contributed by atoms with Gasteiger partial charge in [-0.3, -0.25) is 4.72 Å². The van der Waals surface area contributed by atoms with E-state index < -0.39 is 10.0 Å². The van der Waals surface area contributed by atoms with E-state index in [1.165, 1.54) is 0 Å². The lowest BCUT2D eigenvalue weighted by Crippen LogP contribution is -2.34. The van der Waals surface area contributed by atoms with Crippen LogP contribution >= 0.6 is 12.2 Å². The fraction of sp³-hybridized carbons (Fsp3) is 0.176. The molecule has 0 saturated carbocycles. The van der Waals surface area contributed by atoms with Gasteiger partial charge in [-0.05, 0) is 68.4 Å². The summed E-state index contributed by atoms with van der Waals surface area (Å²) in [6.07, 6.45) is 0. The SMILES string of the molecule is Cc1cc(C)c(S(=O)(=O)NC(=S)Nc2ccc(C#N)cc2)c(C)c1. The van der Waals surface area contributed by atoms with Crippen LogP contribution in [0.4, 0.5) is 5.69 Å². The van der Waals surface area contributed by atoms with E-state index >= 15 is 0 Å². The number of hydrogen-bond donors (Lipinski definition) is 2. The lowest BCUT2D eigenvalue weighted by atomic mass is 10.1. The lowest BCUT2D eigenvalue weighted by Gasteiger charge is -2.15. The normalized spacial score (nSPS) is 10.8. The first-order chi connectivity index (χ1) is 11.2. The van der Waals surface area contributed by atoms with Gasteiger partial charge in [0.1, 0.15) is 0 Å². The van der Waals surface area contributed by atoms with E-state index in [0.29, 0.717) is 22.4 Å². The minimum atomic E-state index is -3.78. The molecule has 0 saturated heterocycles. The van der Waals surface area contributed by atoms with Crippen LogP contribution in [0.3, 0.4) is 0 Å². The van der Waals surface area contributed by atoms with Crippen LogP contribution in [-0.4, -0.2) is 13.5 Å². The number of aryl methyl sites for hydroxylation is 3. The van der Waals surface area contributed by atoms with Crippen LogP contribution < -0.4 is 10.0 Å². The van der Waals surface area contributed by atoms with Crippen LogP contribution in [0.1, 0.15) is 22.3 Å². The van der Waals surface area contributed by atoms with Gasteiger partial charge in [0, 0.05) is 5.69 Å². The summed E-state index contributed by atoms with van der Waals surface area (Å²) in [6, 6.07) is 12.2. The topological polar surface area (TPSA) is 82.0 Å². The average molecular weight is 359 g/mol. The maximum atomic E-state index is 12.6. The van der Waals surface area contributed by atoms with Crippen LogP contribution in [0.2, 0.25) is 0 Å². The quantitative estimate of drug-likeness (QED) is 0.823. The lowest BCUT2D eigenvalue weighted by molar-refractivity contribution is 0.591. The highest BCUT2D eigenvalue weighted by atomic mass is 32.2. The summed E-state index contributed by atoms with van der Waals surface area (Å²) in [7, 11) is -3.78. The predicted molar refractivity (Wildman–Crippen MR) is 98.4 cm³/mol. The smallest absolute Gasteiger partial charge is 0.264 e. The minimum absolute atomic E-state index is 0.0286. The molecule has 2 N–H and O–H groups in total. The zero-order valence-electron chi connectivity index (χ0n) is 13.5. The first-order valence-corrected chi connectivity index (χ1v) is 9.04. The Morgan fingerprint density at radius 2 is 1.62 bits per heavy atom. The fourth-order valence-corrected chi connectivity index (χ4v) is 4.36. The molecule has 5 nitrogen and oxygen atoms in total. The molecule has 0 aliphatic heterocycles. The Morgan fingerprint density at radius 1 is 1.08 bits per heavy atom. The zero-order valence-corrected chi connectivity index (χ0v) is 15.2. The van der Waals surface area contributed by atoms with Crippen molar-refractivity contribution in [2.45, 2.75) is 25.7 Å². The van der Waals surface area contributed by atoms with Crippen molar-refractivity contribution in [3.63, 3.8) is 0 Å².